The molecule has 2 aromatic heterocycles. The van der Waals surface area contributed by atoms with Crippen LogP contribution in [0.2, 0.25) is 0 Å². The Balaban J connectivity index is 1.69. The van der Waals surface area contributed by atoms with Gasteiger partial charge >= 0.3 is 5.69 Å². The maximum absolute atomic E-state index is 14.5. The van der Waals surface area contributed by atoms with E-state index in [0.29, 0.717) is 17.5 Å². The summed E-state index contributed by atoms with van der Waals surface area (Å²) in [6, 6.07) is 15.7. The standard InChI is InChI=1S/C23H21FN6O3S/c1-28-19(25)18(21(32)29(2)23(28)33)17(31)13-34-22-27-26-20(15-10-6-7-11-16(15)24)30(22)12-14-8-4-3-5-9-14/h3-11H,12-13,25H2,1-2H3. The van der Waals surface area contributed by atoms with Gasteiger partial charge in [0.1, 0.15) is 17.2 Å². The van der Waals surface area contributed by atoms with E-state index in [0.717, 1.165) is 26.5 Å². The van der Waals surface area contributed by atoms with Gasteiger partial charge in [0, 0.05) is 14.1 Å². The molecular weight excluding hydrogens is 459 g/mol. The van der Waals surface area contributed by atoms with Crippen molar-refractivity contribution in [2.24, 2.45) is 14.1 Å². The summed E-state index contributed by atoms with van der Waals surface area (Å²) in [7, 11) is 2.67. The Labute approximate surface area is 197 Å². The van der Waals surface area contributed by atoms with Gasteiger partial charge in [-0.2, -0.15) is 0 Å². The molecule has 0 saturated carbocycles. The van der Waals surface area contributed by atoms with Gasteiger partial charge in [0.15, 0.2) is 16.8 Å². The fourth-order valence-electron chi connectivity index (χ4n) is 3.47. The molecule has 2 heterocycles. The number of hydrogen-bond acceptors (Lipinski definition) is 7. The number of nitrogen functional groups attached to an aromatic ring is 1. The molecule has 0 radical (unpaired) electrons. The number of thioether (sulfide) groups is 1. The average molecular weight is 481 g/mol. The van der Waals surface area contributed by atoms with E-state index >= 15 is 0 Å². The van der Waals surface area contributed by atoms with Gasteiger partial charge in [0.2, 0.25) is 0 Å². The van der Waals surface area contributed by atoms with E-state index in [4.69, 9.17) is 5.73 Å². The van der Waals surface area contributed by atoms with Crippen LogP contribution in [-0.4, -0.2) is 35.4 Å². The lowest BCUT2D eigenvalue weighted by Crippen LogP contribution is -2.41. The third kappa shape index (κ3) is 4.29. The van der Waals surface area contributed by atoms with Gasteiger partial charge in [0.25, 0.3) is 5.56 Å². The lowest BCUT2D eigenvalue weighted by atomic mass is 10.2. The van der Waals surface area contributed by atoms with Crippen molar-refractivity contribution in [2.75, 3.05) is 11.5 Å². The Morgan fingerprint density at radius 2 is 1.68 bits per heavy atom. The first-order valence-electron chi connectivity index (χ1n) is 10.2. The Bertz CT molecular complexity index is 1490. The van der Waals surface area contributed by atoms with Crippen molar-refractivity contribution in [1.29, 1.82) is 0 Å². The molecule has 0 aliphatic carbocycles. The van der Waals surface area contributed by atoms with Crippen molar-refractivity contribution in [3.05, 3.63) is 92.4 Å². The monoisotopic (exact) mass is 480 g/mol. The molecule has 0 saturated heterocycles. The van der Waals surface area contributed by atoms with Crippen LogP contribution in [0.1, 0.15) is 15.9 Å². The van der Waals surface area contributed by atoms with Crippen LogP contribution in [0.25, 0.3) is 11.4 Å². The van der Waals surface area contributed by atoms with E-state index in [-0.39, 0.29) is 22.7 Å². The second kappa shape index (κ2) is 9.48. The predicted octanol–water partition coefficient (Wildman–Crippen LogP) is 2.09. The highest BCUT2D eigenvalue weighted by molar-refractivity contribution is 7.99. The highest BCUT2D eigenvalue weighted by Crippen LogP contribution is 2.27. The first-order valence-corrected chi connectivity index (χ1v) is 11.2. The number of ketones is 1. The molecular formula is C23H21FN6O3S. The number of benzene rings is 2. The van der Waals surface area contributed by atoms with E-state index in [1.54, 1.807) is 22.8 Å². The van der Waals surface area contributed by atoms with Crippen LogP contribution < -0.4 is 17.0 Å². The summed E-state index contributed by atoms with van der Waals surface area (Å²) in [5, 5.41) is 8.72. The second-order valence-electron chi connectivity index (χ2n) is 7.54. The molecule has 4 rings (SSSR count). The Kier molecular flexibility index (Phi) is 6.46. The number of aromatic nitrogens is 5. The van der Waals surface area contributed by atoms with Gasteiger partial charge in [-0.15, -0.1) is 10.2 Å². The SMILES string of the molecule is Cn1c(N)c(C(=O)CSc2nnc(-c3ccccc3F)n2Cc2ccccc2)c(=O)n(C)c1=O. The highest BCUT2D eigenvalue weighted by Gasteiger charge is 2.23. The maximum Gasteiger partial charge on any atom is 0.332 e. The first-order chi connectivity index (χ1) is 16.3. The van der Waals surface area contributed by atoms with E-state index in [1.165, 1.54) is 20.2 Å². The van der Waals surface area contributed by atoms with E-state index in [1.807, 2.05) is 30.3 Å². The molecule has 34 heavy (non-hydrogen) atoms. The maximum atomic E-state index is 14.5. The van der Waals surface area contributed by atoms with Crippen molar-refractivity contribution < 1.29 is 9.18 Å². The third-order valence-corrected chi connectivity index (χ3v) is 6.30. The molecule has 0 spiro atoms. The largest absolute Gasteiger partial charge is 0.384 e. The van der Waals surface area contributed by atoms with Gasteiger partial charge in [-0.3, -0.25) is 23.3 Å². The molecule has 0 bridgehead atoms. The Morgan fingerprint density at radius 1 is 1.00 bits per heavy atom. The number of carbonyl (C=O) groups excluding carboxylic acids is 1. The topological polar surface area (TPSA) is 118 Å². The summed E-state index contributed by atoms with van der Waals surface area (Å²) in [4.78, 5) is 37.5. The summed E-state index contributed by atoms with van der Waals surface area (Å²) >= 11 is 1.05. The van der Waals surface area contributed by atoms with Crippen LogP contribution in [0.4, 0.5) is 10.2 Å². The normalized spacial score (nSPS) is 11.0. The molecule has 0 atom stereocenters. The summed E-state index contributed by atoms with van der Waals surface area (Å²) in [6.07, 6.45) is 0. The summed E-state index contributed by atoms with van der Waals surface area (Å²) < 4.78 is 18.1. The van der Waals surface area contributed by atoms with Crippen molar-refractivity contribution in [3.8, 4) is 11.4 Å². The van der Waals surface area contributed by atoms with Crippen LogP contribution in [0.15, 0.2) is 69.3 Å². The lowest BCUT2D eigenvalue weighted by molar-refractivity contribution is 0.102. The number of halogens is 1. The minimum Gasteiger partial charge on any atom is -0.384 e. The van der Waals surface area contributed by atoms with Gasteiger partial charge < -0.3 is 5.73 Å². The minimum atomic E-state index is -0.760. The van der Waals surface area contributed by atoms with Gasteiger partial charge in [-0.1, -0.05) is 54.2 Å². The Hall–Kier alpha value is -3.99. The van der Waals surface area contributed by atoms with E-state index in [9.17, 15) is 18.8 Å². The van der Waals surface area contributed by atoms with Crippen LogP contribution in [0, 0.1) is 5.82 Å². The summed E-state index contributed by atoms with van der Waals surface area (Å²) in [5.74, 6) is -1.06. The quantitative estimate of drug-likeness (QED) is 0.318. The van der Waals surface area contributed by atoms with E-state index in [2.05, 4.69) is 10.2 Å². The number of anilines is 1. The average Bonchev–Trinajstić information content (AvgIpc) is 3.23. The molecule has 4 aromatic rings. The number of nitrogens with zero attached hydrogens (tertiary/aromatic N) is 5. The fraction of sp³-hybridized carbons (Fsp3) is 0.174. The van der Waals surface area contributed by atoms with Crippen molar-refractivity contribution in [1.82, 2.24) is 23.9 Å². The zero-order valence-corrected chi connectivity index (χ0v) is 19.3. The molecule has 0 aliphatic heterocycles. The first kappa shape index (κ1) is 23.2. The zero-order valence-electron chi connectivity index (χ0n) is 18.4. The molecule has 174 valence electrons. The molecule has 0 unspecified atom stereocenters. The smallest absolute Gasteiger partial charge is 0.332 e. The molecule has 0 amide bonds. The molecule has 11 heteroatoms. The number of Topliss-reactive ketones (excluding diaryl/α,β-unsaturated/α-hetero) is 1. The lowest BCUT2D eigenvalue weighted by Gasteiger charge is -2.12. The van der Waals surface area contributed by atoms with Crippen LogP contribution >= 0.6 is 11.8 Å². The van der Waals surface area contributed by atoms with Crippen molar-refractivity contribution in [2.45, 2.75) is 11.7 Å². The van der Waals surface area contributed by atoms with Crippen LogP contribution in [0.5, 0.6) is 0 Å². The third-order valence-electron chi connectivity index (χ3n) is 5.34. The Morgan fingerprint density at radius 3 is 2.38 bits per heavy atom. The predicted molar refractivity (Wildman–Crippen MR) is 127 cm³/mol. The zero-order chi connectivity index (χ0) is 24.4. The summed E-state index contributed by atoms with van der Waals surface area (Å²) in [5.41, 5.74) is 5.46. The molecule has 9 nitrogen and oxygen atoms in total. The number of nitrogens with two attached hydrogens (primary N) is 1. The number of rotatable bonds is 7. The van der Waals surface area contributed by atoms with E-state index < -0.39 is 22.8 Å². The fourth-order valence-corrected chi connectivity index (χ4v) is 4.28. The summed E-state index contributed by atoms with van der Waals surface area (Å²) in [6.45, 7) is 0.345. The molecule has 2 aromatic carbocycles. The van der Waals surface area contributed by atoms with Crippen LogP contribution in [0.3, 0.4) is 0 Å². The number of hydrogen-bond donors (Lipinski definition) is 1. The molecule has 0 fully saturated rings. The van der Waals surface area contributed by atoms with Gasteiger partial charge in [-0.25, -0.2) is 9.18 Å². The minimum absolute atomic E-state index is 0.179. The van der Waals surface area contributed by atoms with Crippen molar-refractivity contribution >= 4 is 23.4 Å². The highest BCUT2D eigenvalue weighted by atomic mass is 32.2. The number of carbonyl (C=O) groups is 1. The second-order valence-corrected chi connectivity index (χ2v) is 8.48. The van der Waals surface area contributed by atoms with Crippen molar-refractivity contribution in [3.63, 3.8) is 0 Å². The van der Waals surface area contributed by atoms with Crippen LogP contribution in [-0.2, 0) is 20.6 Å². The van der Waals surface area contributed by atoms with Gasteiger partial charge in [-0.05, 0) is 17.7 Å². The molecule has 2 N–H and O–H groups in total. The molecule has 0 aliphatic rings. The van der Waals surface area contributed by atoms with Gasteiger partial charge in [0.05, 0.1) is 17.9 Å².